The van der Waals surface area contributed by atoms with E-state index in [-0.39, 0.29) is 6.61 Å². The number of hydrogen-bond acceptors (Lipinski definition) is 3. The molecule has 0 spiro atoms. The Hall–Kier alpha value is 1.49. The predicted octanol–water partition coefficient (Wildman–Crippen LogP) is 14.8. The van der Waals surface area contributed by atoms with E-state index in [4.69, 9.17) is 12.7 Å². The van der Waals surface area contributed by atoms with Gasteiger partial charge in [0, 0.05) is 13.2 Å². The SMILES string of the molecule is C=CCO.C=CC[O][Al]([CH2]C(C)C)[CH2]C(C)C.CC(C)[CH2][AlH][CH2]C(C)C.CC(C)[CH2][Al]([CH2]C(C)C)[CH2]C(C)C.CCCC[O][Al]([CH2]C(C)C)[CH2]C(C)C. The summed E-state index contributed by atoms with van der Waals surface area (Å²) < 4.78 is 11.9. The van der Waals surface area contributed by atoms with Gasteiger partial charge in [-0.2, -0.15) is 0 Å². The number of aliphatic hydroxyl groups is 1. The van der Waals surface area contributed by atoms with Crippen molar-refractivity contribution >= 4 is 58.3 Å². The third kappa shape index (κ3) is 68.5. The van der Waals surface area contributed by atoms with E-state index < -0.39 is 43.1 Å². The highest BCUT2D eigenvalue weighted by molar-refractivity contribution is 6.59. The van der Waals surface area contributed by atoms with Crippen LogP contribution in [0.1, 0.15) is 144 Å². The molecular formula is C46H102Al4O3. The molecule has 0 aromatic rings. The monoisotopic (exact) mass is 811 g/mol. The number of rotatable bonds is 26. The summed E-state index contributed by atoms with van der Waals surface area (Å²) in [7, 11) is 0. The third-order valence-corrected chi connectivity index (χ3v) is 23.5. The summed E-state index contributed by atoms with van der Waals surface area (Å²) in [4.78, 5) is 0. The molecule has 53 heavy (non-hydrogen) atoms. The maximum Gasteiger partial charge on any atom is 0.461 e. The molecule has 0 aliphatic heterocycles. The Bertz CT molecular complexity index is 657. The number of hydrogen-bond donors (Lipinski definition) is 1. The Balaban J connectivity index is -0.000000188. The van der Waals surface area contributed by atoms with E-state index in [1.807, 2.05) is 6.08 Å². The Morgan fingerprint density at radius 2 is 0.792 bits per heavy atom. The molecule has 0 unspecified atom stereocenters. The molecule has 0 aliphatic carbocycles. The van der Waals surface area contributed by atoms with Crippen LogP contribution in [0.2, 0.25) is 47.5 Å². The van der Waals surface area contributed by atoms with Crippen molar-refractivity contribution in [1.29, 1.82) is 0 Å². The standard InChI is InChI=1S/C4H9O.9C4H9.C3H6O.C3H5O.4Al.H/c1-2-3-4-5;9*1-4(2)3;2*1-2-3-4;;;;;/h2-4H2,1H3;9*4H,1H2,2-3H3;2,4H,1,3H2;2H,1,3H2;;;;;/q-1;;;;;;;;;;;-1;;;2*+1;. The van der Waals surface area contributed by atoms with Crippen molar-refractivity contribution in [2.45, 2.75) is 192 Å². The zero-order valence-electron chi connectivity index (χ0n) is 40.4. The molecule has 0 amide bonds. The second-order valence-corrected chi connectivity index (χ2v) is 29.6. The molecule has 316 valence electrons. The van der Waals surface area contributed by atoms with Crippen LogP contribution in [0.15, 0.2) is 25.3 Å². The van der Waals surface area contributed by atoms with E-state index in [0.717, 1.165) is 66.5 Å². The normalized spacial score (nSPS) is 10.9. The lowest BCUT2D eigenvalue weighted by Gasteiger charge is -2.17. The molecule has 1 N–H and O–H groups in total. The summed E-state index contributed by atoms with van der Waals surface area (Å²) >= 11 is -1.91. The highest BCUT2D eigenvalue weighted by Gasteiger charge is 2.24. The fraction of sp³-hybridized carbons (Fsp3) is 0.913. The summed E-state index contributed by atoms with van der Waals surface area (Å²) in [5, 5.41) is 20.8. The molecule has 7 heteroatoms. The fourth-order valence-electron chi connectivity index (χ4n) is 6.39. The Morgan fingerprint density at radius 3 is 1.02 bits per heavy atom. The van der Waals surface area contributed by atoms with Gasteiger partial charge in [-0.15, -0.1) is 13.2 Å². The van der Waals surface area contributed by atoms with E-state index in [1.54, 1.807) is 15.8 Å². The van der Waals surface area contributed by atoms with Gasteiger partial charge in [0.15, 0.2) is 0 Å². The molecule has 0 radical (unpaired) electrons. The van der Waals surface area contributed by atoms with Gasteiger partial charge < -0.3 is 12.7 Å². The van der Waals surface area contributed by atoms with Crippen molar-refractivity contribution in [1.82, 2.24) is 0 Å². The second-order valence-electron chi connectivity index (χ2n) is 19.6. The third-order valence-electron chi connectivity index (χ3n) is 8.34. The van der Waals surface area contributed by atoms with Gasteiger partial charge in [-0.05, 0) is 6.42 Å². The van der Waals surface area contributed by atoms with Crippen molar-refractivity contribution in [2.24, 2.45) is 53.3 Å². The molecule has 3 nitrogen and oxygen atoms in total. The van der Waals surface area contributed by atoms with Gasteiger partial charge >= 0.3 is 29.0 Å². The first-order valence-corrected chi connectivity index (χ1v) is 31.3. The minimum atomic E-state index is -0.938. The highest BCUT2D eigenvalue weighted by Crippen LogP contribution is 2.21. The summed E-state index contributed by atoms with van der Waals surface area (Å²) in [5.74, 6) is 7.86. The molecule has 0 heterocycles. The average molecular weight is 811 g/mol. The average Bonchev–Trinajstić information content (AvgIpc) is 2.98. The fourth-order valence-corrected chi connectivity index (χ4v) is 18.9. The van der Waals surface area contributed by atoms with E-state index in [2.05, 4.69) is 145 Å². The summed E-state index contributed by atoms with van der Waals surface area (Å²) in [6, 6.07) is 0. The van der Waals surface area contributed by atoms with E-state index in [0.29, 0.717) is 15.2 Å². The van der Waals surface area contributed by atoms with E-state index >= 15 is 0 Å². The molecule has 0 atom stereocenters. The molecule has 0 aliphatic rings. The van der Waals surface area contributed by atoms with E-state index in [9.17, 15) is 0 Å². The van der Waals surface area contributed by atoms with Gasteiger partial charge in [0.05, 0.1) is 6.61 Å². The summed E-state index contributed by atoms with van der Waals surface area (Å²) in [6.45, 7) is 52.9. The first kappa shape index (κ1) is 63.7. The van der Waals surface area contributed by atoms with Crippen molar-refractivity contribution in [3.63, 3.8) is 0 Å². The lowest BCUT2D eigenvalue weighted by Crippen LogP contribution is -2.22. The predicted molar refractivity (Wildman–Crippen MR) is 256 cm³/mol. The number of aliphatic hydroxyl groups excluding tert-OH is 1. The van der Waals surface area contributed by atoms with Crippen molar-refractivity contribution in [2.75, 3.05) is 19.8 Å². The van der Waals surface area contributed by atoms with Crippen molar-refractivity contribution in [3.8, 4) is 0 Å². The van der Waals surface area contributed by atoms with Gasteiger partial charge in [-0.1, -0.05) is 251 Å². The zero-order chi connectivity index (χ0) is 42.4. The lowest BCUT2D eigenvalue weighted by atomic mass is 10.2. The van der Waals surface area contributed by atoms with Gasteiger partial charge in [0.1, 0.15) is 0 Å². The topological polar surface area (TPSA) is 38.7 Å². The van der Waals surface area contributed by atoms with Crippen LogP contribution >= 0.6 is 0 Å². The second kappa shape index (κ2) is 46.2. The molecule has 0 rings (SSSR count). The minimum absolute atomic E-state index is 0.0833. The Labute approximate surface area is 358 Å². The van der Waals surface area contributed by atoms with Crippen LogP contribution in [0, 0.1) is 53.3 Å². The molecule has 0 fully saturated rings. The van der Waals surface area contributed by atoms with Gasteiger partial charge in [0.25, 0.3) is 14.1 Å². The highest BCUT2D eigenvalue weighted by atomic mass is 27.2. The minimum Gasteiger partial charge on any atom is -0.501 e. The molecule has 0 aromatic carbocycles. The maximum atomic E-state index is 7.76. The zero-order valence-corrected chi connectivity index (χ0v) is 45.2. The first-order chi connectivity index (χ1) is 24.6. The Morgan fingerprint density at radius 1 is 0.491 bits per heavy atom. The maximum absolute atomic E-state index is 7.76. The summed E-state index contributed by atoms with van der Waals surface area (Å²) in [6.07, 6.45) is 5.78. The van der Waals surface area contributed by atoms with Crippen molar-refractivity contribution < 1.29 is 12.7 Å². The molecule has 0 saturated carbocycles. The summed E-state index contributed by atoms with van der Waals surface area (Å²) in [5.41, 5.74) is 0. The van der Waals surface area contributed by atoms with Crippen LogP contribution in [0.3, 0.4) is 0 Å². The first-order valence-electron chi connectivity index (χ1n) is 22.6. The largest absolute Gasteiger partial charge is 0.501 e. The van der Waals surface area contributed by atoms with Gasteiger partial charge in [-0.3, -0.25) is 0 Å². The Kier molecular flexibility index (Phi) is 55.5. The van der Waals surface area contributed by atoms with Crippen LogP contribution in [0.4, 0.5) is 0 Å². The lowest BCUT2D eigenvalue weighted by molar-refractivity contribution is 0.302. The van der Waals surface area contributed by atoms with Crippen molar-refractivity contribution in [3.05, 3.63) is 25.3 Å². The quantitative estimate of drug-likeness (QED) is 0.0537. The molecular weight excluding hydrogens is 708 g/mol. The number of unbranched alkanes of at least 4 members (excludes halogenated alkanes) is 1. The smallest absolute Gasteiger partial charge is 0.461 e. The molecule has 0 aromatic heterocycles. The van der Waals surface area contributed by atoms with Gasteiger partial charge in [0.2, 0.25) is 15.2 Å². The molecule has 0 saturated heterocycles. The van der Waals surface area contributed by atoms with Crippen LogP contribution in [0.25, 0.3) is 0 Å². The van der Waals surface area contributed by atoms with E-state index in [1.165, 1.54) is 50.6 Å². The van der Waals surface area contributed by atoms with Crippen LogP contribution in [-0.4, -0.2) is 83.3 Å². The van der Waals surface area contributed by atoms with Crippen LogP contribution in [0.5, 0.6) is 0 Å². The van der Waals surface area contributed by atoms with Gasteiger partial charge in [-0.25, -0.2) is 0 Å². The molecule has 0 bridgehead atoms. The van der Waals surface area contributed by atoms with Crippen LogP contribution < -0.4 is 0 Å². The van der Waals surface area contributed by atoms with Crippen LogP contribution in [-0.2, 0) is 7.58 Å².